The molecule has 1 amide bonds. The van der Waals surface area contributed by atoms with Crippen molar-refractivity contribution in [1.82, 2.24) is 10.6 Å². The molecule has 0 saturated carbocycles. The van der Waals surface area contributed by atoms with Gasteiger partial charge in [-0.2, -0.15) is 0 Å². The number of carbonyl (C=O) groups excluding carboxylic acids is 1. The average molecular weight is 354 g/mol. The van der Waals surface area contributed by atoms with Gasteiger partial charge in [-0.15, -0.1) is 0 Å². The number of rotatable bonds is 8. The molecule has 26 heavy (non-hydrogen) atoms. The normalized spacial score (nSPS) is 14.3. The Morgan fingerprint density at radius 1 is 1.08 bits per heavy atom. The molecule has 2 aromatic rings. The van der Waals surface area contributed by atoms with Crippen molar-refractivity contribution in [3.05, 3.63) is 65.2 Å². The molecule has 2 rings (SSSR count). The van der Waals surface area contributed by atoms with E-state index in [9.17, 15) is 4.79 Å². The van der Waals surface area contributed by atoms with Crippen LogP contribution in [-0.2, 0) is 4.79 Å². The van der Waals surface area contributed by atoms with Gasteiger partial charge in [0.15, 0.2) is 0 Å². The highest BCUT2D eigenvalue weighted by atomic mass is 16.5. The Kier molecular flexibility index (Phi) is 7.22. The Morgan fingerprint density at radius 3 is 2.31 bits per heavy atom. The first-order valence-electron chi connectivity index (χ1n) is 9.22. The first kappa shape index (κ1) is 20.0. The van der Waals surface area contributed by atoms with Crippen LogP contribution in [0.2, 0.25) is 0 Å². The van der Waals surface area contributed by atoms with Gasteiger partial charge in [-0.25, -0.2) is 0 Å². The topological polar surface area (TPSA) is 50.4 Å². The van der Waals surface area contributed by atoms with Crippen LogP contribution in [0.1, 0.15) is 56.0 Å². The van der Waals surface area contributed by atoms with E-state index in [0.29, 0.717) is 0 Å². The molecule has 4 nitrogen and oxygen atoms in total. The molecule has 3 atom stereocenters. The predicted molar refractivity (Wildman–Crippen MR) is 106 cm³/mol. The third-order valence-corrected chi connectivity index (χ3v) is 4.78. The molecule has 3 unspecified atom stereocenters. The molecule has 0 spiro atoms. The van der Waals surface area contributed by atoms with E-state index in [0.717, 1.165) is 23.3 Å². The van der Waals surface area contributed by atoms with Crippen molar-refractivity contribution in [2.75, 3.05) is 7.11 Å². The summed E-state index contributed by atoms with van der Waals surface area (Å²) in [5, 5.41) is 6.55. The highest BCUT2D eigenvalue weighted by molar-refractivity contribution is 5.81. The molecule has 0 fully saturated rings. The van der Waals surface area contributed by atoms with Gasteiger partial charge in [-0.3, -0.25) is 10.1 Å². The summed E-state index contributed by atoms with van der Waals surface area (Å²) in [6.07, 6.45) is 0.900. The van der Waals surface area contributed by atoms with E-state index in [4.69, 9.17) is 4.74 Å². The highest BCUT2D eigenvalue weighted by Crippen LogP contribution is 2.21. The summed E-state index contributed by atoms with van der Waals surface area (Å²) in [7, 11) is 1.66. The quantitative estimate of drug-likeness (QED) is 0.743. The molecule has 2 N–H and O–H groups in total. The molecule has 0 bridgehead atoms. The Labute approximate surface area is 157 Å². The standard InChI is InChI=1S/C22H30N2O2/c1-6-21(18-11-13-19(26-5)14-12-18)23-17(4)22(25)24-16(3)20-10-8-7-9-15(20)2/h7-14,16-17,21,23H,6H2,1-5H3,(H,24,25). The fraction of sp³-hybridized carbons (Fsp3) is 0.409. The first-order chi connectivity index (χ1) is 12.5. The third-order valence-electron chi connectivity index (χ3n) is 4.78. The summed E-state index contributed by atoms with van der Waals surface area (Å²) in [6.45, 7) is 8.11. The van der Waals surface area contributed by atoms with Gasteiger partial charge in [0.1, 0.15) is 5.75 Å². The molecule has 0 heterocycles. The Hall–Kier alpha value is -2.33. The Bertz CT molecular complexity index is 712. The minimum absolute atomic E-state index is 0.00714. The highest BCUT2D eigenvalue weighted by Gasteiger charge is 2.20. The van der Waals surface area contributed by atoms with E-state index in [1.54, 1.807) is 7.11 Å². The molecule has 0 aliphatic heterocycles. The largest absolute Gasteiger partial charge is 0.497 e. The minimum atomic E-state index is -0.284. The van der Waals surface area contributed by atoms with Crippen LogP contribution in [0.4, 0.5) is 0 Å². The number of hydrogen-bond donors (Lipinski definition) is 2. The lowest BCUT2D eigenvalue weighted by atomic mass is 10.0. The molecular formula is C22H30N2O2. The van der Waals surface area contributed by atoms with E-state index in [-0.39, 0.29) is 24.0 Å². The van der Waals surface area contributed by atoms with Crippen molar-refractivity contribution >= 4 is 5.91 Å². The third kappa shape index (κ3) is 5.09. The van der Waals surface area contributed by atoms with Crippen LogP contribution in [0.5, 0.6) is 5.75 Å². The van der Waals surface area contributed by atoms with Gasteiger partial charge >= 0.3 is 0 Å². The van der Waals surface area contributed by atoms with Gasteiger partial charge in [-0.1, -0.05) is 43.3 Å². The zero-order valence-electron chi connectivity index (χ0n) is 16.4. The van der Waals surface area contributed by atoms with Crippen LogP contribution in [0.3, 0.4) is 0 Å². The second-order valence-electron chi connectivity index (χ2n) is 6.71. The van der Waals surface area contributed by atoms with Crippen LogP contribution in [-0.4, -0.2) is 19.1 Å². The number of nitrogens with one attached hydrogen (secondary N) is 2. The van der Waals surface area contributed by atoms with Crippen molar-refractivity contribution < 1.29 is 9.53 Å². The number of amides is 1. The van der Waals surface area contributed by atoms with Crippen molar-refractivity contribution in [3.63, 3.8) is 0 Å². The van der Waals surface area contributed by atoms with Crippen molar-refractivity contribution in [2.24, 2.45) is 0 Å². The number of carbonyl (C=O) groups is 1. The molecule has 0 aliphatic rings. The number of hydrogen-bond acceptors (Lipinski definition) is 3. The van der Waals surface area contributed by atoms with E-state index in [1.165, 1.54) is 5.56 Å². The second-order valence-corrected chi connectivity index (χ2v) is 6.71. The fourth-order valence-electron chi connectivity index (χ4n) is 3.15. The Morgan fingerprint density at radius 2 is 1.73 bits per heavy atom. The molecule has 140 valence electrons. The van der Waals surface area contributed by atoms with Crippen molar-refractivity contribution in [2.45, 2.75) is 52.2 Å². The molecule has 2 aromatic carbocycles. The number of aryl methyl sites for hydroxylation is 1. The molecule has 4 heteroatoms. The SMILES string of the molecule is CCC(NC(C)C(=O)NC(C)c1ccccc1C)c1ccc(OC)cc1. The Balaban J connectivity index is 1.99. The lowest BCUT2D eigenvalue weighted by Crippen LogP contribution is -2.44. The monoisotopic (exact) mass is 354 g/mol. The van der Waals surface area contributed by atoms with E-state index < -0.39 is 0 Å². The van der Waals surface area contributed by atoms with Crippen LogP contribution < -0.4 is 15.4 Å². The van der Waals surface area contributed by atoms with Gasteiger partial charge in [0.2, 0.25) is 5.91 Å². The number of benzene rings is 2. The second kappa shape index (κ2) is 9.39. The van der Waals surface area contributed by atoms with E-state index in [1.807, 2.05) is 50.2 Å². The number of ether oxygens (including phenoxy) is 1. The van der Waals surface area contributed by atoms with Crippen LogP contribution in [0.25, 0.3) is 0 Å². The smallest absolute Gasteiger partial charge is 0.237 e. The summed E-state index contributed by atoms with van der Waals surface area (Å²) in [6, 6.07) is 15.9. The lowest BCUT2D eigenvalue weighted by Gasteiger charge is -2.24. The van der Waals surface area contributed by atoms with Crippen LogP contribution in [0.15, 0.2) is 48.5 Å². The lowest BCUT2D eigenvalue weighted by molar-refractivity contribution is -0.123. The first-order valence-corrected chi connectivity index (χ1v) is 9.22. The van der Waals surface area contributed by atoms with Gasteiger partial charge in [0, 0.05) is 6.04 Å². The van der Waals surface area contributed by atoms with Crippen molar-refractivity contribution in [1.29, 1.82) is 0 Å². The maximum atomic E-state index is 12.6. The maximum Gasteiger partial charge on any atom is 0.237 e. The van der Waals surface area contributed by atoms with Crippen molar-refractivity contribution in [3.8, 4) is 5.75 Å². The molecular weight excluding hydrogens is 324 g/mol. The average Bonchev–Trinajstić information content (AvgIpc) is 2.66. The minimum Gasteiger partial charge on any atom is -0.497 e. The maximum absolute atomic E-state index is 12.6. The molecule has 0 saturated heterocycles. The van der Waals surface area contributed by atoms with Gasteiger partial charge in [0.25, 0.3) is 0 Å². The summed E-state index contributed by atoms with van der Waals surface area (Å²) in [5.74, 6) is 0.842. The summed E-state index contributed by atoms with van der Waals surface area (Å²) >= 11 is 0. The molecule has 0 aliphatic carbocycles. The fourth-order valence-corrected chi connectivity index (χ4v) is 3.15. The number of methoxy groups -OCH3 is 1. The summed E-state index contributed by atoms with van der Waals surface area (Å²) in [5.41, 5.74) is 3.49. The van der Waals surface area contributed by atoms with E-state index >= 15 is 0 Å². The van der Waals surface area contributed by atoms with Gasteiger partial charge in [0.05, 0.1) is 19.2 Å². The zero-order chi connectivity index (χ0) is 19.1. The zero-order valence-corrected chi connectivity index (χ0v) is 16.4. The molecule has 0 aromatic heterocycles. The van der Waals surface area contributed by atoms with Crippen LogP contribution >= 0.6 is 0 Å². The van der Waals surface area contributed by atoms with Crippen LogP contribution in [0, 0.1) is 6.92 Å². The van der Waals surface area contributed by atoms with E-state index in [2.05, 4.69) is 36.6 Å². The summed E-state index contributed by atoms with van der Waals surface area (Å²) < 4.78 is 5.21. The van der Waals surface area contributed by atoms with Gasteiger partial charge in [-0.05, 0) is 56.0 Å². The summed E-state index contributed by atoms with van der Waals surface area (Å²) in [4.78, 5) is 12.6. The molecule has 0 radical (unpaired) electrons. The predicted octanol–water partition coefficient (Wildman–Crippen LogP) is 4.31. The van der Waals surface area contributed by atoms with Gasteiger partial charge < -0.3 is 10.1 Å².